The van der Waals surface area contributed by atoms with Crippen molar-refractivity contribution in [2.24, 2.45) is 5.10 Å². The molecular formula is C30H22Cl2N4O6S. The predicted molar refractivity (Wildman–Crippen MR) is 165 cm³/mol. The maximum atomic E-state index is 12.8. The minimum Gasteiger partial charge on any atom is -0.462 e. The zero-order valence-electron chi connectivity index (χ0n) is 22.6. The molecule has 5 rings (SSSR count). The van der Waals surface area contributed by atoms with E-state index in [9.17, 15) is 19.2 Å². The minimum atomic E-state index is -0.456. The number of ether oxygens (including phenoxy) is 1. The summed E-state index contributed by atoms with van der Waals surface area (Å²) in [7, 11) is 0. The number of aryl methyl sites for hydroxylation is 1. The second-order valence-corrected chi connectivity index (χ2v) is 10.9. The summed E-state index contributed by atoms with van der Waals surface area (Å²) in [4.78, 5) is 50.0. The van der Waals surface area contributed by atoms with Gasteiger partial charge in [-0.15, -0.1) is 5.10 Å². The zero-order chi connectivity index (χ0) is 30.7. The summed E-state index contributed by atoms with van der Waals surface area (Å²) >= 11 is 13.0. The first kappa shape index (κ1) is 29.9. The third-order valence-electron chi connectivity index (χ3n) is 6.18. The molecule has 2 aliphatic rings. The van der Waals surface area contributed by atoms with E-state index in [0.29, 0.717) is 44.0 Å². The fourth-order valence-corrected chi connectivity index (χ4v) is 5.32. The van der Waals surface area contributed by atoms with Crippen molar-refractivity contribution in [1.29, 1.82) is 0 Å². The Hall–Kier alpha value is -4.58. The highest BCUT2D eigenvalue weighted by atomic mass is 35.5. The van der Waals surface area contributed by atoms with Crippen LogP contribution in [-0.4, -0.2) is 35.3 Å². The first-order chi connectivity index (χ1) is 20.6. The second kappa shape index (κ2) is 12.7. The largest absolute Gasteiger partial charge is 0.462 e. The van der Waals surface area contributed by atoms with Crippen LogP contribution in [0.25, 0.3) is 11.3 Å². The minimum absolute atomic E-state index is 0.0223. The van der Waals surface area contributed by atoms with Crippen LogP contribution >= 0.6 is 35.0 Å². The maximum Gasteiger partial charge on any atom is 0.341 e. The fourth-order valence-electron chi connectivity index (χ4n) is 4.04. The van der Waals surface area contributed by atoms with Crippen molar-refractivity contribution in [3.63, 3.8) is 0 Å². The molecule has 43 heavy (non-hydrogen) atoms. The molecule has 0 atom stereocenters. The van der Waals surface area contributed by atoms with Gasteiger partial charge in [0.15, 0.2) is 5.17 Å². The standard InChI is InChI=1S/C30H22Cl2N4O6S/c1-3-41-29(40)21-14-24(42-15(21)2)16-8-10-20(11-9-16)33-26(38)17-4-6-18(7-5-17)27(39)34-30-36-35-28(43-30)22-12-19(31)13-23(32)25(22)37/h4-14,35H,3H2,1-2H3,(H,33,38)(H,34,36,39)/b28-22-. The number of esters is 1. The number of carbonyl (C=O) groups excluding carboxylic acids is 4. The van der Waals surface area contributed by atoms with Gasteiger partial charge in [0, 0.05) is 27.4 Å². The SMILES string of the molecule is CCOC(=O)c1cc(-c2ccc(NC(=O)c3ccc(C(=O)NC4=NN/C(=C5\C=C(Cl)C=C(Cl)C5=O)S4)cc3)cc2)oc1C. The Morgan fingerprint density at radius 1 is 0.977 bits per heavy atom. The number of benzene rings is 2. The Morgan fingerprint density at radius 2 is 1.63 bits per heavy atom. The number of hydrogen-bond donors (Lipinski definition) is 3. The average Bonchev–Trinajstić information content (AvgIpc) is 3.62. The Bertz CT molecular complexity index is 1770. The summed E-state index contributed by atoms with van der Waals surface area (Å²) < 4.78 is 10.8. The van der Waals surface area contributed by atoms with Gasteiger partial charge in [0.05, 0.1) is 17.2 Å². The van der Waals surface area contributed by atoms with Crippen molar-refractivity contribution < 1.29 is 28.3 Å². The van der Waals surface area contributed by atoms with E-state index >= 15 is 0 Å². The molecule has 13 heteroatoms. The van der Waals surface area contributed by atoms with Crippen molar-refractivity contribution >= 4 is 69.4 Å². The lowest BCUT2D eigenvalue weighted by Gasteiger charge is -2.10. The van der Waals surface area contributed by atoms with Crippen molar-refractivity contribution in [2.45, 2.75) is 13.8 Å². The Balaban J connectivity index is 1.17. The number of hydrazone groups is 1. The van der Waals surface area contributed by atoms with Crippen LogP contribution < -0.4 is 16.1 Å². The summed E-state index contributed by atoms with van der Waals surface area (Å²) in [5, 5.41) is 10.4. The number of ketones is 1. The zero-order valence-corrected chi connectivity index (χ0v) is 24.9. The first-order valence-electron chi connectivity index (χ1n) is 12.8. The molecule has 1 aromatic heterocycles. The van der Waals surface area contributed by atoms with Gasteiger partial charge in [-0.2, -0.15) is 0 Å². The number of amides is 2. The second-order valence-electron chi connectivity index (χ2n) is 9.09. The van der Waals surface area contributed by atoms with Gasteiger partial charge in [-0.3, -0.25) is 25.1 Å². The monoisotopic (exact) mass is 636 g/mol. The lowest BCUT2D eigenvalue weighted by atomic mass is 10.1. The highest BCUT2D eigenvalue weighted by Crippen LogP contribution is 2.31. The lowest BCUT2D eigenvalue weighted by molar-refractivity contribution is -0.111. The molecule has 0 unspecified atom stereocenters. The van der Waals surface area contributed by atoms with Crippen LogP contribution in [0.15, 0.2) is 96.9 Å². The van der Waals surface area contributed by atoms with E-state index in [1.165, 1.54) is 36.4 Å². The van der Waals surface area contributed by atoms with Gasteiger partial charge in [0.1, 0.15) is 22.1 Å². The van der Waals surface area contributed by atoms with Crippen LogP contribution in [0, 0.1) is 6.92 Å². The van der Waals surface area contributed by atoms with Crippen LogP contribution in [0.2, 0.25) is 0 Å². The van der Waals surface area contributed by atoms with Crippen molar-refractivity contribution in [2.75, 3.05) is 11.9 Å². The first-order valence-corrected chi connectivity index (χ1v) is 14.4. The number of allylic oxidation sites excluding steroid dienone is 5. The number of thioether (sulfide) groups is 1. The smallest absolute Gasteiger partial charge is 0.341 e. The van der Waals surface area contributed by atoms with E-state index < -0.39 is 17.7 Å². The molecule has 3 N–H and O–H groups in total. The quantitative estimate of drug-likeness (QED) is 0.219. The number of Topliss-reactive ketones (excluding diaryl/α,β-unsaturated/α-hetero) is 1. The van der Waals surface area contributed by atoms with E-state index in [-0.39, 0.29) is 28.3 Å². The van der Waals surface area contributed by atoms with E-state index in [1.54, 1.807) is 44.2 Å². The molecule has 0 bridgehead atoms. The van der Waals surface area contributed by atoms with Crippen molar-refractivity contribution in [3.05, 3.63) is 110 Å². The van der Waals surface area contributed by atoms with Crippen molar-refractivity contribution in [1.82, 2.24) is 10.7 Å². The Morgan fingerprint density at radius 3 is 2.28 bits per heavy atom. The molecule has 1 aliphatic heterocycles. The van der Waals surface area contributed by atoms with Crippen LogP contribution in [0.4, 0.5) is 5.69 Å². The molecule has 10 nitrogen and oxygen atoms in total. The Labute approximate surface area is 259 Å². The molecule has 0 fully saturated rings. The highest BCUT2D eigenvalue weighted by molar-refractivity contribution is 8.17. The molecule has 3 aromatic rings. The summed E-state index contributed by atoms with van der Waals surface area (Å²) in [5.74, 6) is -0.724. The van der Waals surface area contributed by atoms with Gasteiger partial charge >= 0.3 is 5.97 Å². The highest BCUT2D eigenvalue weighted by Gasteiger charge is 2.26. The average molecular weight is 638 g/mol. The fraction of sp³-hybridized carbons (Fsp3) is 0.100. The van der Waals surface area contributed by atoms with Gasteiger partial charge < -0.3 is 14.5 Å². The summed E-state index contributed by atoms with van der Waals surface area (Å²) in [6.07, 6.45) is 2.82. The molecular weight excluding hydrogens is 615 g/mol. The summed E-state index contributed by atoms with van der Waals surface area (Å²) in [6.45, 7) is 3.69. The number of amidine groups is 1. The molecule has 2 amide bonds. The van der Waals surface area contributed by atoms with Gasteiger partial charge in [-0.25, -0.2) is 4.79 Å². The van der Waals surface area contributed by atoms with E-state index in [2.05, 4.69) is 21.2 Å². The van der Waals surface area contributed by atoms with E-state index in [4.69, 9.17) is 32.4 Å². The molecule has 1 aliphatic carbocycles. The molecule has 218 valence electrons. The number of nitrogens with one attached hydrogen (secondary N) is 3. The molecule has 2 aromatic carbocycles. The molecule has 2 heterocycles. The molecule has 0 saturated heterocycles. The van der Waals surface area contributed by atoms with Crippen LogP contribution in [0.1, 0.15) is 43.8 Å². The van der Waals surface area contributed by atoms with Gasteiger partial charge in [0.2, 0.25) is 5.78 Å². The van der Waals surface area contributed by atoms with E-state index in [1.807, 2.05) is 0 Å². The molecule has 0 saturated carbocycles. The predicted octanol–water partition coefficient (Wildman–Crippen LogP) is 6.06. The number of halogens is 2. The summed E-state index contributed by atoms with van der Waals surface area (Å²) in [5.41, 5.74) is 5.21. The van der Waals surface area contributed by atoms with Gasteiger partial charge in [-0.05, 0) is 92.4 Å². The van der Waals surface area contributed by atoms with Crippen LogP contribution in [0.5, 0.6) is 0 Å². The third kappa shape index (κ3) is 6.75. The van der Waals surface area contributed by atoms with Crippen LogP contribution in [0.3, 0.4) is 0 Å². The Kier molecular flexibility index (Phi) is 8.86. The molecule has 0 radical (unpaired) electrons. The number of hydrogen-bond acceptors (Lipinski definition) is 9. The number of anilines is 1. The normalized spacial score (nSPS) is 16.1. The maximum absolute atomic E-state index is 12.8. The number of furan rings is 1. The van der Waals surface area contributed by atoms with Gasteiger partial charge in [-0.1, -0.05) is 23.2 Å². The van der Waals surface area contributed by atoms with Gasteiger partial charge in [0.25, 0.3) is 11.8 Å². The lowest BCUT2D eigenvalue weighted by Crippen LogP contribution is -2.27. The number of rotatable bonds is 6. The summed E-state index contributed by atoms with van der Waals surface area (Å²) in [6, 6.07) is 14.6. The van der Waals surface area contributed by atoms with Crippen molar-refractivity contribution in [3.8, 4) is 11.3 Å². The molecule has 0 spiro atoms. The van der Waals surface area contributed by atoms with Crippen LogP contribution in [-0.2, 0) is 9.53 Å². The number of nitrogens with zero attached hydrogens (tertiary/aromatic N) is 1. The number of carbonyl (C=O) groups is 4. The van der Waals surface area contributed by atoms with E-state index in [0.717, 1.165) is 17.3 Å². The third-order valence-corrected chi connectivity index (χ3v) is 7.58. The topological polar surface area (TPSA) is 139 Å².